The molecule has 2 aliphatic rings. The maximum absolute atomic E-state index is 14.6. The van der Waals surface area contributed by atoms with Gasteiger partial charge in [-0.2, -0.15) is 5.26 Å². The molecule has 0 bridgehead atoms. The molecule has 2 unspecified atom stereocenters. The molecule has 1 aromatic rings. The quantitative estimate of drug-likeness (QED) is 0.130. The van der Waals surface area contributed by atoms with Crippen molar-refractivity contribution in [2.75, 3.05) is 19.8 Å². The van der Waals surface area contributed by atoms with Crippen LogP contribution in [0, 0.1) is 23.1 Å². The maximum atomic E-state index is 14.6. The lowest BCUT2D eigenvalue weighted by molar-refractivity contribution is -0.0612. The standard InChI is InChI=1S/C31H36FN3O2S/c1-5-8-26(34)12-9-21(4)29-14-13-27(24-10-11-25(16-33)28(32)15-24)31(38-29)23(6-2)17-35-30(7-3)37-20-22-18-36-19-22/h6,10-11,13-15,17,22,26,29H,3-5,8-9,12,18-20,34H2,1-2H3/b23-6+,35-17?. The second kappa shape index (κ2) is 14.7. The van der Waals surface area contributed by atoms with Crippen LogP contribution < -0.4 is 5.73 Å². The van der Waals surface area contributed by atoms with Gasteiger partial charge in [-0.25, -0.2) is 9.38 Å². The third-order valence-corrected chi connectivity index (χ3v) is 7.87. The lowest BCUT2D eigenvalue weighted by Gasteiger charge is -2.26. The smallest absolute Gasteiger partial charge is 0.259 e. The monoisotopic (exact) mass is 533 g/mol. The summed E-state index contributed by atoms with van der Waals surface area (Å²) in [7, 11) is 0. The molecule has 2 N–H and O–H groups in total. The van der Waals surface area contributed by atoms with Gasteiger partial charge >= 0.3 is 0 Å². The van der Waals surface area contributed by atoms with E-state index in [1.54, 1.807) is 24.0 Å². The van der Waals surface area contributed by atoms with Crippen LogP contribution in [0.4, 0.5) is 4.39 Å². The highest BCUT2D eigenvalue weighted by Crippen LogP contribution is 2.43. The summed E-state index contributed by atoms with van der Waals surface area (Å²) >= 11 is 1.65. The minimum Gasteiger partial charge on any atom is -0.471 e. The van der Waals surface area contributed by atoms with Crippen LogP contribution in [0.1, 0.15) is 50.7 Å². The van der Waals surface area contributed by atoms with Crippen LogP contribution in [-0.4, -0.2) is 37.3 Å². The Morgan fingerprint density at radius 1 is 1.39 bits per heavy atom. The van der Waals surface area contributed by atoms with Crippen molar-refractivity contribution in [2.24, 2.45) is 16.6 Å². The topological polar surface area (TPSA) is 80.6 Å². The number of aliphatic imine (C=N–C) groups is 1. The van der Waals surface area contributed by atoms with Gasteiger partial charge in [0, 0.05) is 33.9 Å². The van der Waals surface area contributed by atoms with E-state index in [0.717, 1.165) is 47.3 Å². The van der Waals surface area contributed by atoms with Crippen molar-refractivity contribution in [3.05, 3.63) is 94.2 Å². The van der Waals surface area contributed by atoms with Crippen LogP contribution >= 0.6 is 11.8 Å². The van der Waals surface area contributed by atoms with E-state index in [2.05, 4.69) is 36.9 Å². The van der Waals surface area contributed by atoms with Crippen LogP contribution in [0.25, 0.3) is 5.57 Å². The normalized spacial score (nSPS) is 18.6. The molecular weight excluding hydrogens is 497 g/mol. The first-order valence-electron chi connectivity index (χ1n) is 12.9. The highest BCUT2D eigenvalue weighted by molar-refractivity contribution is 8.04. The van der Waals surface area contributed by atoms with Crippen molar-refractivity contribution in [2.45, 2.75) is 50.8 Å². The minimum absolute atomic E-state index is 0.0145. The molecule has 2 atom stereocenters. The fraction of sp³-hybridized carbons (Fsp3) is 0.387. The van der Waals surface area contributed by atoms with Gasteiger partial charge in [0.25, 0.3) is 5.88 Å². The third kappa shape index (κ3) is 7.93. The maximum Gasteiger partial charge on any atom is 0.259 e. The first-order valence-corrected chi connectivity index (χ1v) is 13.8. The van der Waals surface area contributed by atoms with Crippen LogP contribution in [0.5, 0.6) is 0 Å². The van der Waals surface area contributed by atoms with Crippen LogP contribution in [0.15, 0.2) is 82.2 Å². The van der Waals surface area contributed by atoms with Crippen molar-refractivity contribution < 1.29 is 13.9 Å². The molecule has 0 spiro atoms. The lowest BCUT2D eigenvalue weighted by atomic mass is 9.97. The molecule has 0 saturated carbocycles. The Hall–Kier alpha value is -3.14. The Balaban J connectivity index is 1.88. The van der Waals surface area contributed by atoms with Crippen molar-refractivity contribution in [1.29, 1.82) is 5.26 Å². The largest absolute Gasteiger partial charge is 0.471 e. The van der Waals surface area contributed by atoms with E-state index in [-0.39, 0.29) is 16.9 Å². The molecule has 3 rings (SSSR count). The van der Waals surface area contributed by atoms with Crippen molar-refractivity contribution in [1.82, 2.24) is 0 Å². The van der Waals surface area contributed by atoms with Gasteiger partial charge in [-0.3, -0.25) is 0 Å². The van der Waals surface area contributed by atoms with Crippen molar-refractivity contribution in [3.8, 4) is 6.07 Å². The molecule has 200 valence electrons. The molecule has 1 aromatic carbocycles. The van der Waals surface area contributed by atoms with Crippen LogP contribution in [0.3, 0.4) is 0 Å². The summed E-state index contributed by atoms with van der Waals surface area (Å²) in [6, 6.07) is 6.73. The molecule has 0 aromatic heterocycles. The number of halogens is 1. The van der Waals surface area contributed by atoms with Gasteiger partial charge in [-0.15, -0.1) is 11.8 Å². The number of thioether (sulfide) groups is 1. The summed E-state index contributed by atoms with van der Waals surface area (Å²) in [6.07, 6.45) is 11.6. The zero-order valence-corrected chi connectivity index (χ0v) is 23.0. The fourth-order valence-corrected chi connectivity index (χ4v) is 5.38. The Bertz CT molecular complexity index is 1230. The molecule has 1 saturated heterocycles. The molecule has 1 fully saturated rings. The Morgan fingerprint density at radius 2 is 2.18 bits per heavy atom. The molecule has 2 heterocycles. The molecule has 5 nitrogen and oxygen atoms in total. The van der Waals surface area contributed by atoms with Gasteiger partial charge in [-0.1, -0.05) is 62.1 Å². The summed E-state index contributed by atoms with van der Waals surface area (Å²) in [5, 5.41) is 9.20. The lowest BCUT2D eigenvalue weighted by Crippen LogP contribution is -2.31. The number of benzene rings is 1. The zero-order valence-electron chi connectivity index (χ0n) is 22.2. The average Bonchev–Trinajstić information content (AvgIpc) is 2.90. The van der Waals surface area contributed by atoms with Gasteiger partial charge in [0.05, 0.1) is 25.4 Å². The van der Waals surface area contributed by atoms with Gasteiger partial charge < -0.3 is 15.2 Å². The zero-order chi connectivity index (χ0) is 27.5. The van der Waals surface area contributed by atoms with Crippen LogP contribution in [0.2, 0.25) is 0 Å². The van der Waals surface area contributed by atoms with E-state index in [4.69, 9.17) is 20.5 Å². The summed E-state index contributed by atoms with van der Waals surface area (Å²) in [5.74, 6) is 0.115. The summed E-state index contributed by atoms with van der Waals surface area (Å²) in [6.45, 7) is 14.0. The molecule has 0 amide bonds. The molecule has 2 aliphatic heterocycles. The highest BCUT2D eigenvalue weighted by atomic mass is 32.2. The SMILES string of the molecule is C=C=C(N=C/C(=C\C)C1=C(c2ccc(C#N)c(F)c2)C=CC(C(=C)CCC(N)CCC)S1)OCC1COC1. The number of nitriles is 1. The van der Waals surface area contributed by atoms with E-state index in [0.29, 0.717) is 37.2 Å². The predicted molar refractivity (Wildman–Crippen MR) is 155 cm³/mol. The molecular formula is C31H36FN3O2S. The Morgan fingerprint density at radius 3 is 2.79 bits per heavy atom. The first kappa shape index (κ1) is 29.4. The first-order chi connectivity index (χ1) is 18.4. The number of nitrogens with zero attached hydrogens (tertiary/aromatic N) is 2. The summed E-state index contributed by atoms with van der Waals surface area (Å²) < 4.78 is 25.5. The summed E-state index contributed by atoms with van der Waals surface area (Å²) in [5.41, 5.74) is 12.5. The Kier molecular flexibility index (Phi) is 11.4. The minimum atomic E-state index is -0.548. The van der Waals surface area contributed by atoms with Crippen LogP contribution in [-0.2, 0) is 9.47 Å². The fourth-order valence-electron chi connectivity index (χ4n) is 4.06. The number of ether oxygens (including phenoxy) is 2. The van der Waals surface area contributed by atoms with Gasteiger partial charge in [0.15, 0.2) is 0 Å². The van der Waals surface area contributed by atoms with E-state index in [1.807, 2.05) is 25.1 Å². The van der Waals surface area contributed by atoms with Crippen molar-refractivity contribution in [3.63, 3.8) is 0 Å². The molecule has 0 aliphatic carbocycles. The second-order valence-corrected chi connectivity index (χ2v) is 10.5. The third-order valence-electron chi connectivity index (χ3n) is 6.43. The van der Waals surface area contributed by atoms with Gasteiger partial charge in [0.2, 0.25) is 0 Å². The Labute approximate surface area is 230 Å². The highest BCUT2D eigenvalue weighted by Gasteiger charge is 2.23. The van der Waals surface area contributed by atoms with E-state index < -0.39 is 5.82 Å². The molecule has 0 radical (unpaired) electrons. The van der Waals surface area contributed by atoms with E-state index in [9.17, 15) is 4.39 Å². The average molecular weight is 534 g/mol. The molecule has 38 heavy (non-hydrogen) atoms. The molecule has 7 heteroatoms. The number of hydrogen-bond donors (Lipinski definition) is 1. The second-order valence-electron chi connectivity index (χ2n) is 9.39. The van der Waals surface area contributed by atoms with Crippen molar-refractivity contribution >= 4 is 23.5 Å². The number of allylic oxidation sites excluding steroid dienone is 4. The van der Waals surface area contributed by atoms with E-state index in [1.165, 1.54) is 12.1 Å². The van der Waals surface area contributed by atoms with E-state index >= 15 is 0 Å². The predicted octanol–water partition coefficient (Wildman–Crippen LogP) is 6.85. The number of nitrogens with two attached hydrogens (primary N) is 1. The van der Waals surface area contributed by atoms with Gasteiger partial charge in [0.1, 0.15) is 11.9 Å². The number of hydrogen-bond acceptors (Lipinski definition) is 6. The number of rotatable bonds is 13. The summed E-state index contributed by atoms with van der Waals surface area (Å²) in [4.78, 5) is 5.43. The van der Waals surface area contributed by atoms with Gasteiger partial charge in [-0.05, 0) is 49.5 Å².